The van der Waals surface area contributed by atoms with E-state index in [1.54, 1.807) is 20.8 Å². The fraction of sp³-hybridized carbons (Fsp3) is 0.615. The molecule has 0 aromatic heterocycles. The van der Waals surface area contributed by atoms with E-state index in [-0.39, 0.29) is 25.3 Å². The number of ether oxygens (including phenoxy) is 1. The lowest BCUT2D eigenvalue weighted by molar-refractivity contribution is -0.142. The molecule has 9 heteroatoms. The molecule has 0 aliphatic carbocycles. The van der Waals surface area contributed by atoms with Crippen molar-refractivity contribution in [2.75, 3.05) is 13.1 Å². The Hall–Kier alpha value is -3.10. The van der Waals surface area contributed by atoms with E-state index < -0.39 is 35.6 Å². The smallest absolute Gasteiger partial charge is 0.408 e. The number of primary amides is 1. The molecule has 1 aromatic carbocycles. The van der Waals surface area contributed by atoms with Gasteiger partial charge < -0.3 is 26.0 Å². The molecular formula is C26H42N4O5. The predicted molar refractivity (Wildman–Crippen MR) is 135 cm³/mol. The molecule has 35 heavy (non-hydrogen) atoms. The predicted octanol–water partition coefficient (Wildman–Crippen LogP) is 3.35. The Kier molecular flexibility index (Phi) is 12.3. The Labute approximate surface area is 209 Å². The van der Waals surface area contributed by atoms with Crippen LogP contribution in [0.25, 0.3) is 0 Å². The molecule has 9 nitrogen and oxygen atoms in total. The molecule has 0 radical (unpaired) electrons. The van der Waals surface area contributed by atoms with Crippen LogP contribution in [0.1, 0.15) is 83.9 Å². The zero-order chi connectivity index (χ0) is 26.6. The van der Waals surface area contributed by atoms with Crippen LogP contribution < -0.4 is 16.4 Å². The molecule has 4 N–H and O–H groups in total. The highest BCUT2D eigenvalue weighted by Gasteiger charge is 2.35. The second-order valence-electron chi connectivity index (χ2n) is 9.69. The molecule has 0 fully saturated rings. The molecule has 1 rings (SSSR count). The van der Waals surface area contributed by atoms with Gasteiger partial charge in [-0.15, -0.1) is 0 Å². The zero-order valence-electron chi connectivity index (χ0n) is 22.0. The van der Waals surface area contributed by atoms with E-state index >= 15 is 0 Å². The SMILES string of the molecule is CCCCNC(=O)C(c1ccc(C)cc1)N(CCC)C(=O)C(CCC(N)=O)NC(=O)OC(C)(C)C. The standard InChI is InChI=1S/C26H42N4O5/c1-7-9-16-28-23(32)22(19-12-10-18(3)11-13-19)30(17-8-2)24(33)20(14-15-21(27)31)29-25(34)35-26(4,5)6/h10-13,20,22H,7-9,14-17H2,1-6H3,(H2,27,31)(H,28,32)(H,29,34). The van der Waals surface area contributed by atoms with Gasteiger partial charge in [-0.1, -0.05) is 50.1 Å². The highest BCUT2D eigenvalue weighted by Crippen LogP contribution is 2.24. The van der Waals surface area contributed by atoms with Gasteiger partial charge in [-0.3, -0.25) is 14.4 Å². The van der Waals surface area contributed by atoms with Crippen molar-refractivity contribution in [2.24, 2.45) is 5.73 Å². The van der Waals surface area contributed by atoms with E-state index in [1.807, 2.05) is 45.0 Å². The van der Waals surface area contributed by atoms with Gasteiger partial charge in [-0.05, 0) is 52.5 Å². The van der Waals surface area contributed by atoms with Crippen LogP contribution in [-0.2, 0) is 19.1 Å². The van der Waals surface area contributed by atoms with Gasteiger partial charge in [0.25, 0.3) is 0 Å². The molecule has 1 aromatic rings. The van der Waals surface area contributed by atoms with Crippen molar-refractivity contribution in [3.8, 4) is 0 Å². The van der Waals surface area contributed by atoms with Crippen LogP contribution in [0.5, 0.6) is 0 Å². The summed E-state index contributed by atoms with van der Waals surface area (Å²) in [7, 11) is 0. The largest absolute Gasteiger partial charge is 0.444 e. The van der Waals surface area contributed by atoms with Crippen LogP contribution in [0, 0.1) is 6.92 Å². The number of aryl methyl sites for hydroxylation is 1. The van der Waals surface area contributed by atoms with Crippen LogP contribution in [0.4, 0.5) is 4.79 Å². The third kappa shape index (κ3) is 10.8. The number of rotatable bonds is 13. The molecule has 0 aliphatic rings. The first kappa shape index (κ1) is 29.9. The monoisotopic (exact) mass is 490 g/mol. The van der Waals surface area contributed by atoms with E-state index in [4.69, 9.17) is 10.5 Å². The van der Waals surface area contributed by atoms with Crippen LogP contribution in [-0.4, -0.2) is 53.4 Å². The number of carbonyl (C=O) groups excluding carboxylic acids is 4. The van der Waals surface area contributed by atoms with Crippen molar-refractivity contribution in [1.29, 1.82) is 0 Å². The summed E-state index contributed by atoms with van der Waals surface area (Å²) in [6, 6.07) is 5.46. The van der Waals surface area contributed by atoms with Gasteiger partial charge in [0.2, 0.25) is 17.7 Å². The molecule has 0 heterocycles. The lowest BCUT2D eigenvalue weighted by atomic mass is 10.00. The van der Waals surface area contributed by atoms with Crippen molar-refractivity contribution in [2.45, 2.75) is 91.3 Å². The summed E-state index contributed by atoms with van der Waals surface area (Å²) in [6.07, 6.45) is 1.43. The molecule has 4 amide bonds. The van der Waals surface area contributed by atoms with Crippen molar-refractivity contribution in [1.82, 2.24) is 15.5 Å². The van der Waals surface area contributed by atoms with Gasteiger partial charge in [0.05, 0.1) is 0 Å². The summed E-state index contributed by atoms with van der Waals surface area (Å²) in [4.78, 5) is 52.5. The summed E-state index contributed by atoms with van der Waals surface area (Å²) in [6.45, 7) is 11.8. The second-order valence-corrected chi connectivity index (χ2v) is 9.69. The fourth-order valence-corrected chi connectivity index (χ4v) is 3.51. The number of hydrogen-bond acceptors (Lipinski definition) is 5. The van der Waals surface area contributed by atoms with Gasteiger partial charge >= 0.3 is 6.09 Å². The Bertz CT molecular complexity index is 848. The molecule has 0 saturated heterocycles. The number of amides is 4. The van der Waals surface area contributed by atoms with Gasteiger partial charge in [0.1, 0.15) is 17.7 Å². The van der Waals surface area contributed by atoms with E-state index in [0.717, 1.165) is 18.4 Å². The van der Waals surface area contributed by atoms with Crippen LogP contribution in [0.2, 0.25) is 0 Å². The number of nitrogens with two attached hydrogens (primary N) is 1. The maximum atomic E-state index is 13.8. The molecule has 0 bridgehead atoms. The average molecular weight is 491 g/mol. The van der Waals surface area contributed by atoms with E-state index in [0.29, 0.717) is 18.5 Å². The fourth-order valence-electron chi connectivity index (χ4n) is 3.51. The number of benzene rings is 1. The van der Waals surface area contributed by atoms with Crippen molar-refractivity contribution in [3.05, 3.63) is 35.4 Å². The number of unbranched alkanes of at least 4 members (excludes halogenated alkanes) is 1. The summed E-state index contributed by atoms with van der Waals surface area (Å²) in [5.74, 6) is -1.37. The van der Waals surface area contributed by atoms with Crippen LogP contribution >= 0.6 is 0 Å². The van der Waals surface area contributed by atoms with Gasteiger partial charge in [0.15, 0.2) is 0 Å². The molecule has 2 unspecified atom stereocenters. The van der Waals surface area contributed by atoms with Gasteiger partial charge in [-0.2, -0.15) is 0 Å². The lowest BCUT2D eigenvalue weighted by Gasteiger charge is -2.34. The van der Waals surface area contributed by atoms with Gasteiger partial charge in [0, 0.05) is 19.5 Å². The Morgan fingerprint density at radius 2 is 1.69 bits per heavy atom. The normalized spacial score (nSPS) is 12.9. The maximum Gasteiger partial charge on any atom is 0.408 e. The molecule has 0 spiro atoms. The number of carbonyl (C=O) groups is 4. The quantitative estimate of drug-likeness (QED) is 0.365. The Morgan fingerprint density at radius 3 is 2.20 bits per heavy atom. The minimum Gasteiger partial charge on any atom is -0.444 e. The second kappa shape index (κ2) is 14.3. The number of hydrogen-bond donors (Lipinski definition) is 3. The number of alkyl carbamates (subject to hydrolysis) is 1. The summed E-state index contributed by atoms with van der Waals surface area (Å²) in [5.41, 5.74) is 6.24. The molecule has 196 valence electrons. The zero-order valence-corrected chi connectivity index (χ0v) is 22.0. The van der Waals surface area contributed by atoms with Crippen molar-refractivity contribution >= 4 is 23.8 Å². The van der Waals surface area contributed by atoms with Crippen molar-refractivity contribution in [3.63, 3.8) is 0 Å². The lowest BCUT2D eigenvalue weighted by Crippen LogP contribution is -2.53. The highest BCUT2D eigenvalue weighted by molar-refractivity contribution is 5.92. The van der Waals surface area contributed by atoms with E-state index in [9.17, 15) is 19.2 Å². The summed E-state index contributed by atoms with van der Waals surface area (Å²) in [5, 5.41) is 5.51. The Morgan fingerprint density at radius 1 is 1.06 bits per heavy atom. The number of nitrogens with one attached hydrogen (secondary N) is 2. The van der Waals surface area contributed by atoms with Crippen LogP contribution in [0.3, 0.4) is 0 Å². The van der Waals surface area contributed by atoms with E-state index in [2.05, 4.69) is 10.6 Å². The summed E-state index contributed by atoms with van der Waals surface area (Å²) < 4.78 is 5.32. The topological polar surface area (TPSA) is 131 Å². The summed E-state index contributed by atoms with van der Waals surface area (Å²) >= 11 is 0. The molecular weight excluding hydrogens is 448 g/mol. The average Bonchev–Trinajstić information content (AvgIpc) is 2.76. The minimum absolute atomic E-state index is 0.00824. The first-order chi connectivity index (χ1) is 16.4. The first-order valence-electron chi connectivity index (χ1n) is 12.3. The van der Waals surface area contributed by atoms with Gasteiger partial charge in [-0.25, -0.2) is 4.79 Å². The third-order valence-electron chi connectivity index (χ3n) is 5.20. The maximum absolute atomic E-state index is 13.8. The molecule has 2 atom stereocenters. The Balaban J connectivity index is 3.36. The molecule has 0 saturated carbocycles. The highest BCUT2D eigenvalue weighted by atomic mass is 16.6. The van der Waals surface area contributed by atoms with Crippen molar-refractivity contribution < 1.29 is 23.9 Å². The first-order valence-corrected chi connectivity index (χ1v) is 12.3. The van der Waals surface area contributed by atoms with Crippen LogP contribution in [0.15, 0.2) is 24.3 Å². The third-order valence-corrected chi connectivity index (χ3v) is 5.20. The van der Waals surface area contributed by atoms with E-state index in [1.165, 1.54) is 4.90 Å². The number of nitrogens with zero attached hydrogens (tertiary/aromatic N) is 1. The molecule has 0 aliphatic heterocycles. The minimum atomic E-state index is -1.08.